The molecule has 3 aromatic carbocycles. The van der Waals surface area contributed by atoms with Crippen LogP contribution in [0.5, 0.6) is 0 Å². The summed E-state index contributed by atoms with van der Waals surface area (Å²) in [6, 6.07) is 25.8. The summed E-state index contributed by atoms with van der Waals surface area (Å²) >= 11 is 1.82. The van der Waals surface area contributed by atoms with Crippen LogP contribution in [0.3, 0.4) is 0 Å². The van der Waals surface area contributed by atoms with Gasteiger partial charge in [0.1, 0.15) is 0 Å². The summed E-state index contributed by atoms with van der Waals surface area (Å²) in [5, 5.41) is 9.13. The number of hydroxylamine groups is 1. The smallest absolute Gasteiger partial charge is 0.255 e. The number of hydrogen-bond acceptors (Lipinski definition) is 3. The van der Waals surface area contributed by atoms with Crippen LogP contribution in [-0.4, -0.2) is 16.9 Å². The topological polar surface area (TPSA) is 49.3 Å². The van der Waals surface area contributed by atoms with Crippen molar-refractivity contribution >= 4 is 17.7 Å². The number of amides is 1. The Bertz CT molecular complexity index is 846. The van der Waals surface area contributed by atoms with E-state index in [1.165, 1.54) is 4.90 Å². The molecular weight excluding hydrogens is 342 g/mol. The Morgan fingerprint density at radius 1 is 0.885 bits per heavy atom. The monoisotopic (exact) mass is 363 g/mol. The van der Waals surface area contributed by atoms with E-state index in [1.54, 1.807) is 5.48 Å². The molecule has 0 saturated carbocycles. The molecule has 0 saturated heterocycles. The second-order valence-corrected chi connectivity index (χ2v) is 7.24. The van der Waals surface area contributed by atoms with E-state index < -0.39 is 11.8 Å². The van der Waals surface area contributed by atoms with E-state index in [1.807, 2.05) is 66.4 Å². The molecule has 1 atom stereocenters. The molecule has 0 bridgehead atoms. The maximum absolute atomic E-state index is 12.2. The summed E-state index contributed by atoms with van der Waals surface area (Å²) in [5.74, 6) is 0.0745. The lowest BCUT2D eigenvalue weighted by Crippen LogP contribution is -2.27. The Balaban J connectivity index is 1.88. The fourth-order valence-electron chi connectivity index (χ4n) is 2.98. The maximum atomic E-state index is 12.2. The van der Waals surface area contributed by atoms with Crippen molar-refractivity contribution < 1.29 is 10.0 Å². The van der Waals surface area contributed by atoms with Crippen molar-refractivity contribution in [2.75, 3.05) is 5.75 Å². The summed E-state index contributed by atoms with van der Waals surface area (Å²) in [6.07, 6.45) is 0. The van der Waals surface area contributed by atoms with Gasteiger partial charge in [0, 0.05) is 4.90 Å². The predicted molar refractivity (Wildman–Crippen MR) is 106 cm³/mol. The zero-order chi connectivity index (χ0) is 18.4. The van der Waals surface area contributed by atoms with Crippen molar-refractivity contribution in [3.8, 4) is 11.1 Å². The second kappa shape index (κ2) is 8.70. The molecule has 1 unspecified atom stereocenters. The quantitative estimate of drug-likeness (QED) is 0.364. The lowest BCUT2D eigenvalue weighted by atomic mass is 9.89. The fourth-order valence-corrected chi connectivity index (χ4v) is 3.65. The van der Waals surface area contributed by atoms with Gasteiger partial charge in [0.15, 0.2) is 0 Å². The molecule has 0 radical (unpaired) electrons. The molecule has 0 aliphatic rings. The largest absolute Gasteiger partial charge is 0.289 e. The number of hydrogen-bond donors (Lipinski definition) is 2. The summed E-state index contributed by atoms with van der Waals surface area (Å²) in [7, 11) is 0. The van der Waals surface area contributed by atoms with E-state index in [0.717, 1.165) is 28.0 Å². The van der Waals surface area contributed by atoms with Crippen molar-refractivity contribution in [3.05, 3.63) is 90.0 Å². The minimum Gasteiger partial charge on any atom is -0.289 e. The fraction of sp³-hybridized carbons (Fsp3) is 0.136. The van der Waals surface area contributed by atoms with Crippen LogP contribution in [0.2, 0.25) is 0 Å². The molecule has 0 aromatic heterocycles. The van der Waals surface area contributed by atoms with E-state index in [2.05, 4.69) is 31.2 Å². The Hall–Kier alpha value is -2.56. The Morgan fingerprint density at radius 2 is 1.42 bits per heavy atom. The molecule has 3 rings (SSSR count). The lowest BCUT2D eigenvalue weighted by molar-refractivity contribution is -0.129. The molecule has 132 valence electrons. The van der Waals surface area contributed by atoms with Gasteiger partial charge in [-0.1, -0.05) is 73.7 Å². The number of benzene rings is 3. The van der Waals surface area contributed by atoms with Crippen LogP contribution in [0.1, 0.15) is 24.0 Å². The van der Waals surface area contributed by atoms with Crippen molar-refractivity contribution in [3.63, 3.8) is 0 Å². The third-order valence-electron chi connectivity index (χ3n) is 4.25. The average molecular weight is 363 g/mol. The van der Waals surface area contributed by atoms with Gasteiger partial charge in [0.2, 0.25) is 0 Å². The molecule has 3 aromatic rings. The zero-order valence-corrected chi connectivity index (χ0v) is 15.4. The third kappa shape index (κ3) is 4.15. The first-order chi connectivity index (χ1) is 12.7. The highest BCUT2D eigenvalue weighted by molar-refractivity contribution is 7.99. The van der Waals surface area contributed by atoms with Crippen LogP contribution < -0.4 is 5.48 Å². The van der Waals surface area contributed by atoms with Gasteiger partial charge in [-0.05, 0) is 40.1 Å². The number of nitrogens with one attached hydrogen (secondary N) is 1. The molecule has 1 amide bonds. The number of carbonyl (C=O) groups excluding carboxylic acids is 1. The number of thioether (sulfide) groups is 1. The van der Waals surface area contributed by atoms with Gasteiger partial charge in [-0.2, -0.15) is 0 Å². The van der Waals surface area contributed by atoms with E-state index in [-0.39, 0.29) is 0 Å². The Kier molecular flexibility index (Phi) is 6.10. The van der Waals surface area contributed by atoms with Crippen molar-refractivity contribution in [2.24, 2.45) is 0 Å². The van der Waals surface area contributed by atoms with E-state index in [9.17, 15) is 4.79 Å². The molecule has 26 heavy (non-hydrogen) atoms. The van der Waals surface area contributed by atoms with Gasteiger partial charge in [-0.15, -0.1) is 11.8 Å². The van der Waals surface area contributed by atoms with Gasteiger partial charge < -0.3 is 0 Å². The average Bonchev–Trinajstić information content (AvgIpc) is 2.70. The van der Waals surface area contributed by atoms with Crippen LogP contribution in [0.15, 0.2) is 83.8 Å². The van der Waals surface area contributed by atoms with E-state index in [0.29, 0.717) is 0 Å². The molecular formula is C22H21NO2S. The van der Waals surface area contributed by atoms with Crippen LogP contribution >= 0.6 is 11.8 Å². The maximum Gasteiger partial charge on any atom is 0.255 e. The van der Waals surface area contributed by atoms with Crippen molar-refractivity contribution in [1.82, 2.24) is 5.48 Å². The van der Waals surface area contributed by atoms with Crippen LogP contribution in [0.4, 0.5) is 0 Å². The SMILES string of the molecule is CCSc1ccc(-c2ccc(C(C(=O)NO)c3ccccc3)cc2)cc1. The van der Waals surface area contributed by atoms with Gasteiger partial charge >= 0.3 is 0 Å². The predicted octanol–water partition coefficient (Wildman–Crippen LogP) is 5.10. The van der Waals surface area contributed by atoms with Crippen molar-refractivity contribution in [2.45, 2.75) is 17.7 Å². The Morgan fingerprint density at radius 3 is 1.96 bits per heavy atom. The van der Waals surface area contributed by atoms with Gasteiger partial charge in [0.25, 0.3) is 5.91 Å². The minimum atomic E-state index is -0.543. The first-order valence-electron chi connectivity index (χ1n) is 8.55. The third-order valence-corrected chi connectivity index (χ3v) is 5.14. The highest BCUT2D eigenvalue weighted by atomic mass is 32.2. The minimum absolute atomic E-state index is 0.440. The number of carbonyl (C=O) groups is 1. The zero-order valence-electron chi connectivity index (χ0n) is 14.6. The molecule has 0 aliphatic carbocycles. The molecule has 0 heterocycles. The van der Waals surface area contributed by atoms with E-state index >= 15 is 0 Å². The summed E-state index contributed by atoms with van der Waals surface area (Å²) < 4.78 is 0. The molecule has 4 heteroatoms. The standard InChI is InChI=1S/C22H21NO2S/c1-2-26-20-14-12-17(13-15-20)16-8-10-19(11-9-16)21(22(24)23-25)18-6-4-3-5-7-18/h3-15,21,25H,2H2,1H3,(H,23,24). The van der Waals surface area contributed by atoms with E-state index in [4.69, 9.17) is 5.21 Å². The second-order valence-electron chi connectivity index (χ2n) is 5.90. The number of rotatable bonds is 6. The highest BCUT2D eigenvalue weighted by Gasteiger charge is 2.22. The first kappa shape index (κ1) is 18.2. The van der Waals surface area contributed by atoms with Crippen LogP contribution in [0.25, 0.3) is 11.1 Å². The summed E-state index contributed by atoms with van der Waals surface area (Å²) in [5.41, 5.74) is 5.70. The molecule has 0 aliphatic heterocycles. The Labute approximate surface area is 158 Å². The van der Waals surface area contributed by atoms with Gasteiger partial charge in [-0.25, -0.2) is 5.48 Å². The highest BCUT2D eigenvalue weighted by Crippen LogP contribution is 2.29. The first-order valence-corrected chi connectivity index (χ1v) is 9.53. The van der Waals surface area contributed by atoms with Gasteiger partial charge in [-0.3, -0.25) is 10.0 Å². The van der Waals surface area contributed by atoms with Gasteiger partial charge in [0.05, 0.1) is 5.92 Å². The summed E-state index contributed by atoms with van der Waals surface area (Å²) in [6.45, 7) is 2.14. The molecule has 0 spiro atoms. The molecule has 2 N–H and O–H groups in total. The van der Waals surface area contributed by atoms with Crippen molar-refractivity contribution in [1.29, 1.82) is 0 Å². The van der Waals surface area contributed by atoms with Crippen LogP contribution in [-0.2, 0) is 4.79 Å². The molecule has 0 fully saturated rings. The lowest BCUT2D eigenvalue weighted by Gasteiger charge is -2.16. The van der Waals surface area contributed by atoms with Crippen LogP contribution in [0, 0.1) is 0 Å². The molecule has 3 nitrogen and oxygen atoms in total. The summed E-state index contributed by atoms with van der Waals surface area (Å²) in [4.78, 5) is 13.5. The normalized spacial score (nSPS) is 11.8.